The molecule has 0 saturated carbocycles. The fourth-order valence-electron chi connectivity index (χ4n) is 2.70. The van der Waals surface area contributed by atoms with Gasteiger partial charge in [0.25, 0.3) is 0 Å². The maximum Gasteiger partial charge on any atom is 0.336 e. The lowest BCUT2D eigenvalue weighted by molar-refractivity contribution is 0.468. The monoisotopic (exact) mass is 365 g/mol. The molecule has 4 rings (SSSR count). The first-order valence-corrected chi connectivity index (χ1v) is 8.95. The number of aryl methyl sites for hydroxylation is 1. The maximum absolute atomic E-state index is 11.9. The first kappa shape index (κ1) is 16.4. The van der Waals surface area contributed by atoms with E-state index in [4.69, 9.17) is 4.42 Å². The molecule has 2 heterocycles. The van der Waals surface area contributed by atoms with Crippen LogP contribution in [0.5, 0.6) is 5.75 Å². The number of thioether (sulfide) groups is 1. The Bertz CT molecular complexity index is 1140. The Morgan fingerprint density at radius 1 is 1.19 bits per heavy atom. The molecule has 0 bridgehead atoms. The van der Waals surface area contributed by atoms with Crippen LogP contribution in [0.4, 0.5) is 0 Å². The number of hydrogen-bond donors (Lipinski definition) is 1. The number of para-hydroxylation sites is 1. The van der Waals surface area contributed by atoms with E-state index in [1.165, 1.54) is 17.8 Å². The van der Waals surface area contributed by atoms with Gasteiger partial charge in [-0.1, -0.05) is 30.0 Å². The molecule has 1 N–H and O–H groups in total. The van der Waals surface area contributed by atoms with Gasteiger partial charge in [-0.25, -0.2) is 14.5 Å². The molecule has 0 fully saturated rings. The zero-order valence-corrected chi connectivity index (χ0v) is 14.7. The van der Waals surface area contributed by atoms with Crippen molar-refractivity contribution in [1.29, 1.82) is 0 Å². The van der Waals surface area contributed by atoms with E-state index in [0.717, 1.165) is 16.6 Å². The molecule has 2 aromatic heterocycles. The number of fused-ring (bicyclic) bond motifs is 1. The minimum absolute atomic E-state index is 0.105. The number of phenolic OH excluding ortho intramolecular Hbond substituents is 1. The third kappa shape index (κ3) is 3.09. The van der Waals surface area contributed by atoms with E-state index in [9.17, 15) is 9.90 Å². The highest BCUT2D eigenvalue weighted by atomic mass is 32.2. The van der Waals surface area contributed by atoms with Gasteiger partial charge in [0.2, 0.25) is 5.16 Å². The van der Waals surface area contributed by atoms with Crippen LogP contribution in [0.1, 0.15) is 11.1 Å². The van der Waals surface area contributed by atoms with E-state index >= 15 is 0 Å². The minimum atomic E-state index is -0.440. The maximum atomic E-state index is 11.9. The number of nitrogens with zero attached hydrogens (tertiary/aromatic N) is 3. The van der Waals surface area contributed by atoms with Gasteiger partial charge in [-0.3, -0.25) is 0 Å². The molecule has 0 spiro atoms. The van der Waals surface area contributed by atoms with Crippen LogP contribution < -0.4 is 5.63 Å². The van der Waals surface area contributed by atoms with Crippen molar-refractivity contribution < 1.29 is 9.52 Å². The van der Waals surface area contributed by atoms with Crippen molar-refractivity contribution in [2.45, 2.75) is 17.8 Å². The molecule has 130 valence electrons. The van der Waals surface area contributed by atoms with E-state index < -0.39 is 5.63 Å². The van der Waals surface area contributed by atoms with Gasteiger partial charge in [-0.05, 0) is 36.8 Å². The van der Waals surface area contributed by atoms with E-state index in [1.807, 2.05) is 30.3 Å². The Morgan fingerprint density at radius 3 is 2.81 bits per heavy atom. The van der Waals surface area contributed by atoms with Crippen LogP contribution in [-0.2, 0) is 5.75 Å². The summed E-state index contributed by atoms with van der Waals surface area (Å²) in [7, 11) is 0. The summed E-state index contributed by atoms with van der Waals surface area (Å²) < 4.78 is 6.98. The summed E-state index contributed by atoms with van der Waals surface area (Å²) in [5, 5.41) is 15.7. The standard InChI is InChI=1S/C19H15N3O3S/c1-12-16(23)8-7-15-13(9-17(24)25-18(12)15)10-26-19-20-11-22(21-19)14-5-3-2-4-6-14/h2-9,11,23H,10H2,1H3. The summed E-state index contributed by atoms with van der Waals surface area (Å²) in [6.07, 6.45) is 1.66. The molecule has 0 radical (unpaired) electrons. The smallest absolute Gasteiger partial charge is 0.336 e. The van der Waals surface area contributed by atoms with Crippen LogP contribution in [0.3, 0.4) is 0 Å². The number of benzene rings is 2. The normalized spacial score (nSPS) is 11.1. The Balaban J connectivity index is 1.62. The molecule has 0 aliphatic rings. The third-order valence-electron chi connectivity index (χ3n) is 4.07. The molecule has 26 heavy (non-hydrogen) atoms. The summed E-state index contributed by atoms with van der Waals surface area (Å²) in [5.74, 6) is 0.624. The second-order valence-corrected chi connectivity index (χ2v) is 6.72. The zero-order chi connectivity index (χ0) is 18.1. The van der Waals surface area contributed by atoms with E-state index in [1.54, 1.807) is 30.1 Å². The van der Waals surface area contributed by atoms with Crippen LogP contribution in [0, 0.1) is 6.92 Å². The summed E-state index contributed by atoms with van der Waals surface area (Å²) in [6.45, 7) is 1.72. The lowest BCUT2D eigenvalue weighted by Gasteiger charge is -2.07. The highest BCUT2D eigenvalue weighted by molar-refractivity contribution is 7.98. The van der Waals surface area contributed by atoms with Gasteiger partial charge in [-0.15, -0.1) is 5.10 Å². The van der Waals surface area contributed by atoms with Crippen molar-refractivity contribution >= 4 is 22.7 Å². The summed E-state index contributed by atoms with van der Waals surface area (Å²) >= 11 is 1.44. The van der Waals surface area contributed by atoms with Gasteiger partial charge < -0.3 is 9.52 Å². The quantitative estimate of drug-likeness (QED) is 0.439. The topological polar surface area (TPSA) is 81.2 Å². The van der Waals surface area contributed by atoms with Crippen LogP contribution >= 0.6 is 11.8 Å². The minimum Gasteiger partial charge on any atom is -0.508 e. The van der Waals surface area contributed by atoms with Crippen LogP contribution in [-0.4, -0.2) is 19.9 Å². The van der Waals surface area contributed by atoms with E-state index in [0.29, 0.717) is 22.1 Å². The molecule has 0 aliphatic heterocycles. The average molecular weight is 365 g/mol. The van der Waals surface area contributed by atoms with E-state index in [-0.39, 0.29) is 5.75 Å². The summed E-state index contributed by atoms with van der Waals surface area (Å²) in [6, 6.07) is 14.6. The largest absolute Gasteiger partial charge is 0.508 e. The molecular weight excluding hydrogens is 350 g/mol. The van der Waals surface area contributed by atoms with Gasteiger partial charge >= 0.3 is 5.63 Å². The molecule has 7 heteroatoms. The Labute approximate surface area is 153 Å². The van der Waals surface area contributed by atoms with E-state index in [2.05, 4.69) is 10.1 Å². The second-order valence-electron chi connectivity index (χ2n) is 5.77. The van der Waals surface area contributed by atoms with Gasteiger partial charge in [0.15, 0.2) is 0 Å². The average Bonchev–Trinajstić information content (AvgIpc) is 3.13. The number of phenols is 1. The SMILES string of the molecule is Cc1c(O)ccc2c(CSc3ncn(-c4ccccc4)n3)cc(=O)oc12. The Kier molecular flexibility index (Phi) is 4.22. The number of aromatic hydroxyl groups is 1. The number of aromatic nitrogens is 3. The zero-order valence-electron chi connectivity index (χ0n) is 13.9. The fourth-order valence-corrected chi connectivity index (χ4v) is 3.49. The van der Waals surface area contributed by atoms with Crippen molar-refractivity contribution in [3.05, 3.63) is 76.4 Å². The first-order chi connectivity index (χ1) is 12.6. The number of hydrogen-bond acceptors (Lipinski definition) is 6. The molecule has 0 amide bonds. The fraction of sp³-hybridized carbons (Fsp3) is 0.105. The first-order valence-electron chi connectivity index (χ1n) is 7.97. The highest BCUT2D eigenvalue weighted by Gasteiger charge is 2.12. The predicted molar refractivity (Wildman–Crippen MR) is 99.8 cm³/mol. The molecule has 4 aromatic rings. The van der Waals surface area contributed by atoms with Crippen molar-refractivity contribution in [3.8, 4) is 11.4 Å². The van der Waals surface area contributed by atoms with Gasteiger partial charge in [0.05, 0.1) is 5.69 Å². The van der Waals surface area contributed by atoms with Crippen molar-refractivity contribution in [2.75, 3.05) is 0 Å². The lowest BCUT2D eigenvalue weighted by atomic mass is 10.1. The summed E-state index contributed by atoms with van der Waals surface area (Å²) in [4.78, 5) is 16.2. The van der Waals surface area contributed by atoms with Crippen LogP contribution in [0.15, 0.2) is 69.2 Å². The van der Waals surface area contributed by atoms with Gasteiger partial charge in [-0.2, -0.15) is 0 Å². The Morgan fingerprint density at radius 2 is 2.00 bits per heavy atom. The molecule has 0 saturated heterocycles. The molecular formula is C19H15N3O3S. The highest BCUT2D eigenvalue weighted by Crippen LogP contribution is 2.30. The molecule has 6 nitrogen and oxygen atoms in total. The van der Waals surface area contributed by atoms with Crippen LogP contribution in [0.2, 0.25) is 0 Å². The van der Waals surface area contributed by atoms with Crippen molar-refractivity contribution in [1.82, 2.24) is 14.8 Å². The predicted octanol–water partition coefficient (Wildman–Crippen LogP) is 3.68. The third-order valence-corrected chi connectivity index (χ3v) is 4.97. The summed E-state index contributed by atoms with van der Waals surface area (Å²) in [5.41, 5.74) is 2.28. The molecule has 2 aromatic carbocycles. The van der Waals surface area contributed by atoms with Crippen molar-refractivity contribution in [2.24, 2.45) is 0 Å². The molecule has 0 aliphatic carbocycles. The second kappa shape index (κ2) is 6.68. The lowest BCUT2D eigenvalue weighted by Crippen LogP contribution is -2.01. The van der Waals surface area contributed by atoms with Crippen molar-refractivity contribution in [3.63, 3.8) is 0 Å². The van der Waals surface area contributed by atoms with Crippen LogP contribution in [0.25, 0.3) is 16.7 Å². The molecule has 0 atom stereocenters. The molecule has 0 unspecified atom stereocenters. The number of rotatable bonds is 4. The van der Waals surface area contributed by atoms with Gasteiger partial charge in [0.1, 0.15) is 17.7 Å². The van der Waals surface area contributed by atoms with Gasteiger partial charge in [0, 0.05) is 22.8 Å². The Hall–Kier alpha value is -3.06.